The Kier molecular flexibility index (Phi) is 7.26. The fraction of sp³-hybridized carbons (Fsp3) is 0.0169. The van der Waals surface area contributed by atoms with E-state index in [1.54, 1.807) is 0 Å². The third kappa shape index (κ3) is 4.91. The molecule has 2 aliphatic carbocycles. The van der Waals surface area contributed by atoms with Gasteiger partial charge in [0, 0.05) is 33.9 Å². The minimum Gasteiger partial charge on any atom is -0.456 e. The number of furan rings is 1. The van der Waals surface area contributed by atoms with Crippen LogP contribution in [0.1, 0.15) is 22.3 Å². The molecule has 0 aliphatic heterocycles. The summed E-state index contributed by atoms with van der Waals surface area (Å²) in [5.41, 5.74) is 19.4. The van der Waals surface area contributed by atoms with Crippen molar-refractivity contribution in [3.8, 4) is 44.5 Å². The zero-order valence-electron chi connectivity index (χ0n) is 33.2. The summed E-state index contributed by atoms with van der Waals surface area (Å²) in [4.78, 5) is 2.40. The second kappa shape index (κ2) is 13.0. The lowest BCUT2D eigenvalue weighted by molar-refractivity contribution is 0.669. The van der Waals surface area contributed by atoms with Crippen molar-refractivity contribution in [2.24, 2.45) is 0 Å². The van der Waals surface area contributed by atoms with Crippen LogP contribution in [-0.2, 0) is 5.41 Å². The molecule has 1 heterocycles. The summed E-state index contributed by atoms with van der Waals surface area (Å²) in [6.07, 6.45) is 0. The summed E-state index contributed by atoms with van der Waals surface area (Å²) < 4.78 is 6.54. The molecule has 1 atom stereocenters. The van der Waals surface area contributed by atoms with Gasteiger partial charge < -0.3 is 9.32 Å². The van der Waals surface area contributed by atoms with Gasteiger partial charge in [-0.25, -0.2) is 0 Å². The fourth-order valence-corrected chi connectivity index (χ4v) is 10.6. The first-order valence-corrected chi connectivity index (χ1v) is 21.1. The van der Waals surface area contributed by atoms with Crippen molar-refractivity contribution in [3.63, 3.8) is 0 Å². The number of hydrogen-bond donors (Lipinski definition) is 0. The largest absolute Gasteiger partial charge is 0.456 e. The van der Waals surface area contributed by atoms with Crippen molar-refractivity contribution in [2.45, 2.75) is 5.41 Å². The molecule has 0 fully saturated rings. The maximum atomic E-state index is 6.54. The van der Waals surface area contributed by atoms with Crippen molar-refractivity contribution < 1.29 is 4.42 Å². The van der Waals surface area contributed by atoms with E-state index in [1.807, 2.05) is 6.07 Å². The molecule has 10 aromatic carbocycles. The summed E-state index contributed by atoms with van der Waals surface area (Å²) in [5.74, 6) is 0. The van der Waals surface area contributed by atoms with Gasteiger partial charge in [0.25, 0.3) is 0 Å². The van der Waals surface area contributed by atoms with Crippen molar-refractivity contribution in [2.75, 3.05) is 4.90 Å². The molecule has 0 saturated carbocycles. The zero-order chi connectivity index (χ0) is 40.1. The number of nitrogens with zero attached hydrogens (tertiary/aromatic N) is 1. The minimum atomic E-state index is -0.623. The van der Waals surface area contributed by atoms with Crippen LogP contribution in [0.3, 0.4) is 0 Å². The van der Waals surface area contributed by atoms with Gasteiger partial charge in [0.1, 0.15) is 11.2 Å². The second-order valence-electron chi connectivity index (χ2n) is 16.4. The van der Waals surface area contributed by atoms with E-state index >= 15 is 0 Å². The van der Waals surface area contributed by atoms with Gasteiger partial charge >= 0.3 is 0 Å². The summed E-state index contributed by atoms with van der Waals surface area (Å²) in [7, 11) is 0. The van der Waals surface area contributed by atoms with Crippen LogP contribution in [-0.4, -0.2) is 0 Å². The van der Waals surface area contributed by atoms with Crippen molar-refractivity contribution >= 4 is 49.8 Å². The Morgan fingerprint density at radius 3 is 1.56 bits per heavy atom. The molecule has 0 radical (unpaired) electrons. The topological polar surface area (TPSA) is 16.4 Å². The lowest BCUT2D eigenvalue weighted by atomic mass is 9.65. The number of hydrogen-bond acceptors (Lipinski definition) is 2. The van der Waals surface area contributed by atoms with Crippen molar-refractivity contribution in [3.05, 3.63) is 247 Å². The van der Waals surface area contributed by atoms with E-state index < -0.39 is 5.41 Å². The molecule has 1 aromatic heterocycles. The van der Waals surface area contributed by atoms with Gasteiger partial charge in [0.15, 0.2) is 0 Å². The summed E-state index contributed by atoms with van der Waals surface area (Å²) >= 11 is 0. The summed E-state index contributed by atoms with van der Waals surface area (Å²) in [6.45, 7) is 0. The number of benzene rings is 10. The van der Waals surface area contributed by atoms with Crippen LogP contribution in [0.25, 0.3) is 77.2 Å². The van der Waals surface area contributed by atoms with Crippen LogP contribution in [0.2, 0.25) is 0 Å². The van der Waals surface area contributed by atoms with Crippen LogP contribution in [0.5, 0.6) is 0 Å². The third-order valence-electron chi connectivity index (χ3n) is 13.3. The molecule has 1 unspecified atom stereocenters. The molecular formula is C59H37NO. The third-order valence-corrected chi connectivity index (χ3v) is 13.3. The van der Waals surface area contributed by atoms with Gasteiger partial charge in [-0.3, -0.25) is 0 Å². The quantitative estimate of drug-likeness (QED) is 0.177. The molecular weight excluding hydrogens is 739 g/mol. The van der Waals surface area contributed by atoms with Gasteiger partial charge in [0.05, 0.1) is 5.41 Å². The number of fused-ring (bicyclic) bond motifs is 16. The van der Waals surface area contributed by atoms with Crippen molar-refractivity contribution in [1.29, 1.82) is 0 Å². The first-order chi connectivity index (χ1) is 30.2. The Bertz CT molecular complexity index is 3540. The maximum Gasteiger partial charge on any atom is 0.137 e. The number of anilines is 3. The maximum absolute atomic E-state index is 6.54. The van der Waals surface area contributed by atoms with Gasteiger partial charge in [-0.15, -0.1) is 0 Å². The number of rotatable bonds is 4. The predicted molar refractivity (Wildman–Crippen MR) is 253 cm³/mol. The highest BCUT2D eigenvalue weighted by molar-refractivity contribution is 6.06. The molecule has 13 rings (SSSR count). The Morgan fingerprint density at radius 1 is 0.295 bits per heavy atom. The highest BCUT2D eigenvalue weighted by Crippen LogP contribution is 2.62. The summed E-state index contributed by atoms with van der Waals surface area (Å²) in [5, 5.41) is 4.72. The molecule has 2 aliphatic rings. The normalized spacial score (nSPS) is 14.6. The monoisotopic (exact) mass is 775 g/mol. The van der Waals surface area contributed by atoms with Crippen LogP contribution in [0.15, 0.2) is 229 Å². The molecule has 2 heteroatoms. The molecule has 0 amide bonds. The Hall–Kier alpha value is -7.94. The Morgan fingerprint density at radius 2 is 0.803 bits per heavy atom. The van der Waals surface area contributed by atoms with E-state index in [4.69, 9.17) is 4.42 Å². The van der Waals surface area contributed by atoms with Crippen molar-refractivity contribution in [1.82, 2.24) is 0 Å². The van der Waals surface area contributed by atoms with Gasteiger partial charge in [-0.05, 0) is 132 Å². The summed E-state index contributed by atoms with van der Waals surface area (Å²) in [6, 6.07) is 82.7. The van der Waals surface area contributed by atoms with E-state index in [0.717, 1.165) is 39.0 Å². The Balaban J connectivity index is 1.13. The molecule has 0 bridgehead atoms. The average molecular weight is 776 g/mol. The molecule has 61 heavy (non-hydrogen) atoms. The van der Waals surface area contributed by atoms with Crippen LogP contribution < -0.4 is 4.90 Å². The van der Waals surface area contributed by atoms with E-state index in [9.17, 15) is 0 Å². The van der Waals surface area contributed by atoms with Crippen LogP contribution >= 0.6 is 0 Å². The SMILES string of the molecule is c1ccc(-c2ccc(N(c3ccc4c(c3)C3(c5ccccc5-c5ccccc5-4)c4ccccc4-c4cc5ccccc5cc43)c3ccc4c(c3)oc3ccccc34)cc2)cc1. The highest BCUT2D eigenvalue weighted by atomic mass is 16.3. The van der Waals surface area contributed by atoms with E-state index in [0.29, 0.717) is 0 Å². The van der Waals surface area contributed by atoms with Crippen LogP contribution in [0.4, 0.5) is 17.1 Å². The standard InChI is InChI=1S/C59H37NO/c1-2-14-38(15-3-1)39-26-28-42(29-27-39)60(44-31-33-51-50-22-10-13-25-57(50)61-58(51)37-44)43-30-32-49-46-19-7-6-18-45(46)47-20-8-11-23-53(47)59(56(49)36-43)54-24-12-9-21-48(54)52-34-40-16-4-5-17-41(40)35-55(52)59/h1-37H. The first-order valence-electron chi connectivity index (χ1n) is 21.1. The lowest BCUT2D eigenvalue weighted by Gasteiger charge is -2.36. The molecule has 11 aromatic rings. The Labute approximate surface area is 354 Å². The second-order valence-corrected chi connectivity index (χ2v) is 16.4. The van der Waals surface area contributed by atoms with E-state index in [1.165, 1.54) is 77.5 Å². The first kappa shape index (κ1) is 34.0. The molecule has 284 valence electrons. The zero-order valence-corrected chi connectivity index (χ0v) is 33.2. The molecule has 0 N–H and O–H groups in total. The molecule has 1 spiro atoms. The highest BCUT2D eigenvalue weighted by Gasteiger charge is 2.50. The van der Waals surface area contributed by atoms with Gasteiger partial charge in [-0.1, -0.05) is 164 Å². The molecule has 0 saturated heterocycles. The van der Waals surface area contributed by atoms with Gasteiger partial charge in [0.2, 0.25) is 0 Å². The number of para-hydroxylation sites is 1. The van der Waals surface area contributed by atoms with Crippen LogP contribution in [0, 0.1) is 0 Å². The van der Waals surface area contributed by atoms with E-state index in [2.05, 4.69) is 223 Å². The average Bonchev–Trinajstić information content (AvgIpc) is 3.81. The fourth-order valence-electron chi connectivity index (χ4n) is 10.6. The van der Waals surface area contributed by atoms with E-state index in [-0.39, 0.29) is 0 Å². The molecule has 2 nitrogen and oxygen atoms in total. The lowest BCUT2D eigenvalue weighted by Crippen LogP contribution is -2.29. The smallest absolute Gasteiger partial charge is 0.137 e. The minimum absolute atomic E-state index is 0.623. The predicted octanol–water partition coefficient (Wildman–Crippen LogP) is 15.9. The van der Waals surface area contributed by atoms with Gasteiger partial charge in [-0.2, -0.15) is 0 Å².